The zero-order valence-corrected chi connectivity index (χ0v) is 19.6. The third-order valence-corrected chi connectivity index (χ3v) is 6.73. The molecule has 2 amide bonds. The fourth-order valence-electron chi connectivity index (χ4n) is 4.84. The van der Waals surface area contributed by atoms with Crippen molar-refractivity contribution in [2.45, 2.75) is 12.8 Å². The number of H-pyrrole nitrogens is 1. The third kappa shape index (κ3) is 5.30. The van der Waals surface area contributed by atoms with Crippen LogP contribution in [0.5, 0.6) is 5.75 Å². The average molecular weight is 520 g/mol. The molecule has 2 saturated heterocycles. The van der Waals surface area contributed by atoms with E-state index in [1.165, 1.54) is 18.2 Å². The molecule has 0 bridgehead atoms. The first kappa shape index (κ1) is 24.1. The van der Waals surface area contributed by atoms with E-state index in [4.69, 9.17) is 11.6 Å². The van der Waals surface area contributed by atoms with Crippen LogP contribution in [0.3, 0.4) is 0 Å². The van der Waals surface area contributed by atoms with Crippen LogP contribution in [0, 0.1) is 11.8 Å². The Labute approximate surface area is 208 Å². The lowest BCUT2D eigenvalue weighted by atomic mass is 9.88. The van der Waals surface area contributed by atoms with Gasteiger partial charge in [0, 0.05) is 42.8 Å². The molecule has 188 valence electrons. The van der Waals surface area contributed by atoms with Crippen LogP contribution < -0.4 is 4.74 Å². The van der Waals surface area contributed by atoms with Gasteiger partial charge in [0.15, 0.2) is 0 Å². The highest BCUT2D eigenvalue weighted by Gasteiger charge is 2.39. The van der Waals surface area contributed by atoms with Crippen molar-refractivity contribution in [2.75, 3.05) is 26.2 Å². The summed E-state index contributed by atoms with van der Waals surface area (Å²) in [5.41, 5.74) is 2.16. The molecule has 36 heavy (non-hydrogen) atoms. The molecule has 0 spiro atoms. The molecule has 1 aromatic heterocycles. The lowest BCUT2D eigenvalue weighted by Crippen LogP contribution is -2.43. The minimum absolute atomic E-state index is 0.0588. The number of aromatic amines is 1. The fourth-order valence-corrected chi connectivity index (χ4v) is 5.07. The predicted molar refractivity (Wildman–Crippen MR) is 125 cm³/mol. The standard InChI is InChI=1S/C24H21ClF3N5O3/c25-18-7-14(8-19(10-18)36-24(26,27)28)1-4-22(34)33-11-16-5-6-32(12-17(16)13-33)23(35)15-2-3-20-21(9-15)30-31-29-20/h1-4,7-10,16-17H,5-6,11-13H2,(H,29,30,31)/b4-1+/t16-,17-/m1/s1. The number of carbonyl (C=O) groups excluding carboxylic acids is 2. The van der Waals surface area contributed by atoms with Crippen molar-refractivity contribution >= 4 is 40.5 Å². The lowest BCUT2D eigenvalue weighted by Gasteiger charge is -2.34. The number of amides is 2. The zero-order valence-electron chi connectivity index (χ0n) is 18.8. The summed E-state index contributed by atoms with van der Waals surface area (Å²) in [6, 6.07) is 8.85. The summed E-state index contributed by atoms with van der Waals surface area (Å²) >= 11 is 5.89. The number of rotatable bonds is 4. The number of hydrogen-bond donors (Lipinski definition) is 1. The van der Waals surface area contributed by atoms with Crippen molar-refractivity contribution in [3.8, 4) is 5.75 Å². The zero-order chi connectivity index (χ0) is 25.4. The Morgan fingerprint density at radius 2 is 1.78 bits per heavy atom. The second-order valence-corrected chi connectivity index (χ2v) is 9.37. The number of likely N-dealkylation sites (tertiary alicyclic amines) is 2. The van der Waals surface area contributed by atoms with Crippen molar-refractivity contribution in [3.05, 3.63) is 58.6 Å². The molecule has 2 atom stereocenters. The molecule has 5 rings (SSSR count). The Morgan fingerprint density at radius 3 is 2.58 bits per heavy atom. The minimum Gasteiger partial charge on any atom is -0.406 e. The minimum atomic E-state index is -4.84. The number of nitrogens with zero attached hydrogens (tertiary/aromatic N) is 4. The van der Waals surface area contributed by atoms with E-state index in [0.29, 0.717) is 48.3 Å². The highest BCUT2D eigenvalue weighted by atomic mass is 35.5. The molecular formula is C24H21ClF3N5O3. The normalized spacial score (nSPS) is 20.2. The summed E-state index contributed by atoms with van der Waals surface area (Å²) in [5, 5.41) is 10.6. The van der Waals surface area contributed by atoms with Crippen LogP contribution in [-0.2, 0) is 4.79 Å². The molecular weight excluding hydrogens is 499 g/mol. The van der Waals surface area contributed by atoms with E-state index in [1.807, 2.05) is 0 Å². The Balaban J connectivity index is 1.21. The van der Waals surface area contributed by atoms with Gasteiger partial charge in [0.2, 0.25) is 5.91 Å². The average Bonchev–Trinajstić information content (AvgIpc) is 3.46. The van der Waals surface area contributed by atoms with E-state index >= 15 is 0 Å². The summed E-state index contributed by atoms with van der Waals surface area (Å²) < 4.78 is 41.5. The van der Waals surface area contributed by atoms with E-state index in [1.54, 1.807) is 28.0 Å². The van der Waals surface area contributed by atoms with Gasteiger partial charge in [0.1, 0.15) is 16.8 Å². The number of fused-ring (bicyclic) bond motifs is 2. The van der Waals surface area contributed by atoms with Crippen LogP contribution >= 0.6 is 11.6 Å². The van der Waals surface area contributed by atoms with Crippen LogP contribution in [0.1, 0.15) is 22.3 Å². The molecule has 3 heterocycles. The second kappa shape index (κ2) is 9.45. The Kier molecular flexibility index (Phi) is 6.33. The van der Waals surface area contributed by atoms with Gasteiger partial charge in [0.05, 0.1) is 0 Å². The van der Waals surface area contributed by atoms with Gasteiger partial charge in [-0.25, -0.2) is 0 Å². The molecule has 0 unspecified atom stereocenters. The highest BCUT2D eigenvalue weighted by Crippen LogP contribution is 2.32. The number of piperidine rings is 1. The van der Waals surface area contributed by atoms with Gasteiger partial charge in [-0.15, -0.1) is 13.2 Å². The number of aromatic nitrogens is 3. The van der Waals surface area contributed by atoms with Crippen molar-refractivity contribution in [1.82, 2.24) is 25.2 Å². The monoisotopic (exact) mass is 519 g/mol. The fraction of sp³-hybridized carbons (Fsp3) is 0.333. The van der Waals surface area contributed by atoms with Crippen LogP contribution in [0.4, 0.5) is 13.2 Å². The summed E-state index contributed by atoms with van der Waals surface area (Å²) in [6.45, 7) is 2.20. The number of carbonyl (C=O) groups is 2. The molecule has 2 aliphatic heterocycles. The van der Waals surface area contributed by atoms with Crippen molar-refractivity contribution in [3.63, 3.8) is 0 Å². The van der Waals surface area contributed by atoms with Crippen LogP contribution in [0.15, 0.2) is 42.5 Å². The van der Waals surface area contributed by atoms with Gasteiger partial charge >= 0.3 is 6.36 Å². The Bertz CT molecular complexity index is 1340. The SMILES string of the molecule is O=C(/C=C/c1cc(Cl)cc(OC(F)(F)F)c1)N1C[C@H]2CCN(C(=O)c3ccc4n[nH]nc4c3)C[C@@H]2C1. The van der Waals surface area contributed by atoms with E-state index in [2.05, 4.69) is 20.1 Å². The first-order chi connectivity index (χ1) is 17.1. The largest absolute Gasteiger partial charge is 0.573 e. The van der Waals surface area contributed by atoms with Gasteiger partial charge in [0.25, 0.3) is 5.91 Å². The molecule has 2 aromatic carbocycles. The van der Waals surface area contributed by atoms with Gasteiger partial charge < -0.3 is 14.5 Å². The van der Waals surface area contributed by atoms with Crippen LogP contribution in [-0.4, -0.2) is 69.6 Å². The van der Waals surface area contributed by atoms with Crippen molar-refractivity contribution in [2.24, 2.45) is 11.8 Å². The first-order valence-corrected chi connectivity index (χ1v) is 11.7. The van der Waals surface area contributed by atoms with Gasteiger partial charge in [-0.1, -0.05) is 11.6 Å². The molecule has 0 radical (unpaired) electrons. The van der Waals surface area contributed by atoms with Gasteiger partial charge in [-0.05, 0) is 66.3 Å². The summed E-state index contributed by atoms with van der Waals surface area (Å²) in [4.78, 5) is 29.4. The molecule has 8 nitrogen and oxygen atoms in total. The second-order valence-electron chi connectivity index (χ2n) is 8.93. The van der Waals surface area contributed by atoms with E-state index in [-0.39, 0.29) is 28.7 Å². The maximum absolute atomic E-state index is 13.1. The summed E-state index contributed by atoms with van der Waals surface area (Å²) in [6.07, 6.45) is -1.33. The van der Waals surface area contributed by atoms with E-state index in [0.717, 1.165) is 18.6 Å². The molecule has 1 N–H and O–H groups in total. The maximum Gasteiger partial charge on any atom is 0.573 e. The topological polar surface area (TPSA) is 91.4 Å². The van der Waals surface area contributed by atoms with E-state index in [9.17, 15) is 22.8 Å². The maximum atomic E-state index is 13.1. The number of ether oxygens (including phenoxy) is 1. The molecule has 3 aromatic rings. The van der Waals surface area contributed by atoms with Crippen molar-refractivity contribution in [1.29, 1.82) is 0 Å². The quantitative estimate of drug-likeness (QED) is 0.523. The van der Waals surface area contributed by atoms with Crippen molar-refractivity contribution < 1.29 is 27.5 Å². The highest BCUT2D eigenvalue weighted by molar-refractivity contribution is 6.30. The number of nitrogens with one attached hydrogen (secondary N) is 1. The first-order valence-electron chi connectivity index (χ1n) is 11.3. The number of benzene rings is 2. The smallest absolute Gasteiger partial charge is 0.406 e. The van der Waals surface area contributed by atoms with Gasteiger partial charge in [-0.3, -0.25) is 9.59 Å². The van der Waals surface area contributed by atoms with Gasteiger partial charge in [-0.2, -0.15) is 15.4 Å². The predicted octanol–water partition coefficient (Wildman–Crippen LogP) is 4.14. The van der Waals surface area contributed by atoms with Crippen LogP contribution in [0.25, 0.3) is 17.1 Å². The number of halogens is 4. The molecule has 2 fully saturated rings. The molecule has 0 aliphatic carbocycles. The number of alkyl halides is 3. The molecule has 0 saturated carbocycles. The van der Waals surface area contributed by atoms with E-state index < -0.39 is 12.1 Å². The lowest BCUT2D eigenvalue weighted by molar-refractivity contribution is -0.274. The summed E-state index contributed by atoms with van der Waals surface area (Å²) in [5.74, 6) is -0.365. The third-order valence-electron chi connectivity index (χ3n) is 6.51. The Hall–Kier alpha value is -3.60. The van der Waals surface area contributed by atoms with Crippen LogP contribution in [0.2, 0.25) is 5.02 Å². The number of hydrogen-bond acceptors (Lipinski definition) is 5. The molecule has 12 heteroatoms. The summed E-state index contributed by atoms with van der Waals surface area (Å²) in [7, 11) is 0. The Morgan fingerprint density at radius 1 is 1.03 bits per heavy atom. The molecule has 2 aliphatic rings.